The van der Waals surface area contributed by atoms with E-state index in [4.69, 9.17) is 12.2 Å². The average Bonchev–Trinajstić information content (AvgIpc) is 3.39. The summed E-state index contributed by atoms with van der Waals surface area (Å²) in [6.45, 7) is 6.69. The van der Waals surface area contributed by atoms with Crippen molar-refractivity contribution in [3.8, 4) is 5.82 Å². The summed E-state index contributed by atoms with van der Waals surface area (Å²) in [6, 6.07) is 21.5. The summed E-state index contributed by atoms with van der Waals surface area (Å²) in [6.07, 6.45) is 3.90. The Kier molecular flexibility index (Phi) is 7.01. The normalized spacial score (nSPS) is 17.1. The topological polar surface area (TPSA) is 75.1 Å². The molecule has 7 nitrogen and oxygen atoms in total. The van der Waals surface area contributed by atoms with Crippen LogP contribution in [0.25, 0.3) is 5.82 Å². The molecule has 1 aliphatic heterocycles. The number of anilines is 1. The number of aryl methyl sites for hydroxylation is 2. The maximum Gasteiger partial charge on any atom is 0.226 e. The fourth-order valence-corrected chi connectivity index (χ4v) is 5.32. The highest BCUT2D eigenvalue weighted by atomic mass is 32.1. The number of hydrogen-bond acceptors (Lipinski definition) is 4. The Morgan fingerprint density at radius 1 is 1.00 bits per heavy atom. The van der Waals surface area contributed by atoms with E-state index in [0.29, 0.717) is 18.1 Å². The maximum absolute atomic E-state index is 12.8. The van der Waals surface area contributed by atoms with Crippen molar-refractivity contribution in [1.29, 1.82) is 0 Å². The predicted molar refractivity (Wildman–Crippen MR) is 150 cm³/mol. The zero-order valence-electron chi connectivity index (χ0n) is 21.2. The molecule has 0 aliphatic carbocycles. The van der Waals surface area contributed by atoms with E-state index in [-0.39, 0.29) is 18.0 Å². The number of carbonyl (C=O) groups is 1. The van der Waals surface area contributed by atoms with E-state index in [1.165, 1.54) is 0 Å². The molecule has 3 aromatic heterocycles. The molecular formula is C29H30N6OS. The van der Waals surface area contributed by atoms with E-state index in [2.05, 4.69) is 50.0 Å². The van der Waals surface area contributed by atoms with Crippen molar-refractivity contribution in [2.75, 3.05) is 11.9 Å². The van der Waals surface area contributed by atoms with Gasteiger partial charge in [-0.1, -0.05) is 29.8 Å². The van der Waals surface area contributed by atoms with Crippen molar-refractivity contribution in [3.63, 3.8) is 0 Å². The number of nitrogens with zero attached hydrogens (tertiary/aromatic N) is 4. The number of amides is 1. The van der Waals surface area contributed by atoms with Crippen LogP contribution in [-0.2, 0) is 4.79 Å². The smallest absolute Gasteiger partial charge is 0.226 e. The molecule has 1 aliphatic rings. The van der Waals surface area contributed by atoms with Gasteiger partial charge in [0.25, 0.3) is 0 Å². The fourth-order valence-electron chi connectivity index (χ4n) is 4.99. The Bertz CT molecular complexity index is 1400. The molecule has 8 heteroatoms. The number of carbonyl (C=O) groups excluding carboxylic acids is 1. The summed E-state index contributed by atoms with van der Waals surface area (Å²) in [5, 5.41) is 7.10. The molecule has 0 spiro atoms. The Morgan fingerprint density at radius 3 is 2.41 bits per heavy atom. The molecular weight excluding hydrogens is 480 g/mol. The van der Waals surface area contributed by atoms with Crippen molar-refractivity contribution < 1.29 is 4.79 Å². The molecule has 0 bridgehead atoms. The van der Waals surface area contributed by atoms with Crippen molar-refractivity contribution in [1.82, 2.24) is 24.8 Å². The quantitative estimate of drug-likeness (QED) is 0.333. The van der Waals surface area contributed by atoms with Crippen molar-refractivity contribution in [2.24, 2.45) is 0 Å². The van der Waals surface area contributed by atoms with E-state index in [1.807, 2.05) is 67.6 Å². The van der Waals surface area contributed by atoms with Crippen LogP contribution in [0, 0.1) is 20.8 Å². The number of aromatic nitrogens is 3. The minimum absolute atomic E-state index is 0.0503. The summed E-state index contributed by atoms with van der Waals surface area (Å²) >= 11 is 5.80. The van der Waals surface area contributed by atoms with Gasteiger partial charge in [-0.05, 0) is 81.0 Å². The first kappa shape index (κ1) is 24.6. The molecule has 4 heterocycles. The largest absolute Gasteiger partial charge is 0.352 e. The first-order valence-electron chi connectivity index (χ1n) is 12.4. The number of pyridine rings is 2. The van der Waals surface area contributed by atoms with Crippen LogP contribution in [0.3, 0.4) is 0 Å². The van der Waals surface area contributed by atoms with Crippen molar-refractivity contribution >= 4 is 28.9 Å². The second-order valence-corrected chi connectivity index (χ2v) is 9.72. The first-order chi connectivity index (χ1) is 17.9. The predicted octanol–water partition coefficient (Wildman–Crippen LogP) is 5.19. The monoisotopic (exact) mass is 510 g/mol. The van der Waals surface area contributed by atoms with Gasteiger partial charge in [-0.25, -0.2) is 4.98 Å². The van der Waals surface area contributed by atoms with E-state index in [1.54, 1.807) is 12.4 Å². The number of thiocarbonyl (C=S) groups is 1. The molecule has 0 saturated carbocycles. The lowest BCUT2D eigenvalue weighted by molar-refractivity contribution is -0.116. The van der Waals surface area contributed by atoms with Gasteiger partial charge in [0.05, 0.1) is 17.8 Å². The lowest BCUT2D eigenvalue weighted by Gasteiger charge is -2.28. The molecule has 1 fully saturated rings. The minimum atomic E-state index is -0.147. The summed E-state index contributed by atoms with van der Waals surface area (Å²) in [4.78, 5) is 24.2. The number of hydrogen-bond donors (Lipinski definition) is 2. The second kappa shape index (κ2) is 10.5. The van der Waals surface area contributed by atoms with Gasteiger partial charge in [0.15, 0.2) is 5.11 Å². The summed E-state index contributed by atoms with van der Waals surface area (Å²) < 4.78 is 2.16. The lowest BCUT2D eigenvalue weighted by Crippen LogP contribution is -2.32. The molecule has 5 rings (SSSR count). The molecule has 37 heavy (non-hydrogen) atoms. The molecule has 2 N–H and O–H groups in total. The lowest BCUT2D eigenvalue weighted by atomic mass is 9.96. The van der Waals surface area contributed by atoms with Gasteiger partial charge in [-0.2, -0.15) is 0 Å². The highest BCUT2D eigenvalue weighted by molar-refractivity contribution is 7.80. The van der Waals surface area contributed by atoms with Gasteiger partial charge in [-0.15, -0.1) is 0 Å². The highest BCUT2D eigenvalue weighted by Gasteiger charge is 2.41. The Labute approximate surface area is 222 Å². The average molecular weight is 511 g/mol. The molecule has 0 radical (unpaired) electrons. The maximum atomic E-state index is 12.8. The van der Waals surface area contributed by atoms with Gasteiger partial charge in [0.2, 0.25) is 5.91 Å². The van der Waals surface area contributed by atoms with E-state index in [9.17, 15) is 4.79 Å². The molecule has 1 aromatic carbocycles. The molecule has 1 saturated heterocycles. The zero-order chi connectivity index (χ0) is 25.9. The van der Waals surface area contributed by atoms with E-state index >= 15 is 0 Å². The summed E-state index contributed by atoms with van der Waals surface area (Å²) in [7, 11) is 0. The van der Waals surface area contributed by atoms with E-state index in [0.717, 1.165) is 39.7 Å². The number of nitrogens with one attached hydrogen (secondary N) is 2. The van der Waals surface area contributed by atoms with Crippen LogP contribution >= 0.6 is 12.2 Å². The minimum Gasteiger partial charge on any atom is -0.352 e. The number of benzene rings is 1. The zero-order valence-corrected chi connectivity index (χ0v) is 22.0. The number of rotatable bonds is 7. The summed E-state index contributed by atoms with van der Waals surface area (Å²) in [5.41, 5.74) is 6.15. The van der Waals surface area contributed by atoms with Gasteiger partial charge >= 0.3 is 0 Å². The van der Waals surface area contributed by atoms with Crippen LogP contribution in [0.5, 0.6) is 0 Å². The Morgan fingerprint density at radius 2 is 1.73 bits per heavy atom. The first-order valence-corrected chi connectivity index (χ1v) is 12.8. The second-order valence-electron chi connectivity index (χ2n) is 9.33. The van der Waals surface area contributed by atoms with Crippen LogP contribution in [-0.4, -0.2) is 37.0 Å². The summed E-state index contributed by atoms with van der Waals surface area (Å²) in [5.74, 6) is 0.821. The molecule has 188 valence electrons. The third kappa shape index (κ3) is 5.11. The SMILES string of the molecule is Cc1ccc(NC(=O)CCN2C(=S)NC(c3ccccn3)C2c2cc(C)n(-c3ccccn3)c2C)cc1. The highest BCUT2D eigenvalue weighted by Crippen LogP contribution is 2.41. The van der Waals surface area contributed by atoms with Crippen molar-refractivity contribution in [3.05, 3.63) is 107 Å². The van der Waals surface area contributed by atoms with Gasteiger partial charge in [0.1, 0.15) is 5.82 Å². The van der Waals surface area contributed by atoms with Crippen LogP contribution < -0.4 is 10.6 Å². The van der Waals surface area contributed by atoms with Crippen LogP contribution in [0.1, 0.15) is 46.7 Å². The third-order valence-electron chi connectivity index (χ3n) is 6.78. The van der Waals surface area contributed by atoms with Crippen LogP contribution in [0.15, 0.2) is 79.1 Å². The fraction of sp³-hybridized carbons (Fsp3) is 0.241. The molecule has 2 unspecified atom stereocenters. The molecule has 4 aromatic rings. The van der Waals surface area contributed by atoms with Gasteiger partial charge in [-0.3, -0.25) is 9.78 Å². The molecule has 1 amide bonds. The van der Waals surface area contributed by atoms with Crippen molar-refractivity contribution in [2.45, 2.75) is 39.3 Å². The third-order valence-corrected chi connectivity index (χ3v) is 7.13. The Balaban J connectivity index is 1.45. The van der Waals surface area contributed by atoms with Crippen LogP contribution in [0.4, 0.5) is 5.69 Å². The standard InChI is InChI=1S/C29H30N6OS/c1-19-10-12-22(13-11-19)32-26(36)14-17-34-28(27(33-29(34)37)24-8-4-6-15-30-24)23-18-20(2)35(21(23)3)25-9-5-7-16-31-25/h4-13,15-16,18,27-28H,14,17H2,1-3H3,(H,32,36)(H,33,37). The van der Waals surface area contributed by atoms with Gasteiger partial charge in [0, 0.05) is 42.4 Å². The van der Waals surface area contributed by atoms with Gasteiger partial charge < -0.3 is 20.1 Å². The molecule has 2 atom stereocenters. The van der Waals surface area contributed by atoms with E-state index < -0.39 is 0 Å². The van der Waals surface area contributed by atoms with Crippen LogP contribution in [0.2, 0.25) is 0 Å². The Hall–Kier alpha value is -4.04.